The number of hydrogen-bond acceptors (Lipinski definition) is 5. The summed E-state index contributed by atoms with van der Waals surface area (Å²) >= 11 is 3.59. The average molecular weight is 812 g/mol. The number of aromatic nitrogens is 1. The lowest BCUT2D eigenvalue weighted by atomic mass is 9.82. The average Bonchev–Trinajstić information content (AvgIpc) is 3.75. The maximum Gasteiger partial charge on any atom is 0.264 e. The predicted octanol–water partition coefficient (Wildman–Crippen LogP) is 7.84. The molecule has 2 aliphatic heterocycles. The Morgan fingerprint density at radius 1 is 1.02 bits per heavy atom. The van der Waals surface area contributed by atoms with Gasteiger partial charge in [0, 0.05) is 57.4 Å². The van der Waals surface area contributed by atoms with Crippen molar-refractivity contribution >= 4 is 64.3 Å². The van der Waals surface area contributed by atoms with E-state index in [9.17, 15) is 19.5 Å². The van der Waals surface area contributed by atoms with Gasteiger partial charge in [-0.2, -0.15) is 0 Å². The topological polar surface area (TPSA) is 115 Å². The standard InChI is InChI=1S/C42H44BrFN4O5Si/c1-27-40(54(2,3)44)37(23-39(51)47(18-19-49)25-28-10-5-4-6-11-28)53-42(27)34-22-31(43)16-17-36(34)48(41(42)52)26-29-12-9-13-32(20-29)46-38(50)21-30-24-45-35-15-8-7-14-33(30)35/h4-17,20,22,24,27,37,40,45,49H,18-19,21,23,25-26H2,1-3H3,(H,46,50)/t27-,37+,40-,42+/m0/s1. The van der Waals surface area contributed by atoms with E-state index in [4.69, 9.17) is 4.74 Å². The second-order valence-electron chi connectivity index (χ2n) is 14.8. The number of hydrogen-bond donors (Lipinski definition) is 3. The number of fused-ring (bicyclic) bond motifs is 3. The summed E-state index contributed by atoms with van der Waals surface area (Å²) in [7, 11) is -3.53. The van der Waals surface area contributed by atoms with E-state index in [2.05, 4.69) is 26.2 Å². The third-order valence-electron chi connectivity index (χ3n) is 10.8. The molecular formula is C42H44BrFN4O5Si. The number of aliphatic hydroxyl groups is 1. The van der Waals surface area contributed by atoms with E-state index in [1.54, 1.807) is 22.9 Å². The molecule has 4 aromatic carbocycles. The minimum absolute atomic E-state index is 0.118. The highest BCUT2D eigenvalue weighted by Crippen LogP contribution is 2.60. The Morgan fingerprint density at radius 3 is 2.52 bits per heavy atom. The Labute approximate surface area is 323 Å². The monoisotopic (exact) mass is 810 g/mol. The number of nitrogens with zero attached hydrogens (tertiary/aromatic N) is 2. The van der Waals surface area contributed by atoms with Gasteiger partial charge < -0.3 is 34.1 Å². The lowest BCUT2D eigenvalue weighted by molar-refractivity contribution is -0.150. The number of nitrogens with one attached hydrogen (secondary N) is 2. The van der Waals surface area contributed by atoms with Crippen molar-refractivity contribution in [2.45, 2.75) is 63.2 Å². The van der Waals surface area contributed by atoms with Gasteiger partial charge in [-0.05, 0) is 66.2 Å². The molecular weight excluding hydrogens is 767 g/mol. The first-order chi connectivity index (χ1) is 25.9. The van der Waals surface area contributed by atoms with Gasteiger partial charge in [-0.1, -0.05) is 83.5 Å². The van der Waals surface area contributed by atoms with Gasteiger partial charge in [-0.3, -0.25) is 14.4 Å². The minimum Gasteiger partial charge on any atom is -0.395 e. The fourth-order valence-corrected chi connectivity index (χ4v) is 11.3. The van der Waals surface area contributed by atoms with Gasteiger partial charge in [0.05, 0.1) is 37.8 Å². The highest BCUT2D eigenvalue weighted by molar-refractivity contribution is 9.10. The van der Waals surface area contributed by atoms with Crippen molar-refractivity contribution in [2.24, 2.45) is 5.92 Å². The Morgan fingerprint density at radius 2 is 1.76 bits per heavy atom. The molecule has 3 amide bonds. The van der Waals surface area contributed by atoms with Crippen molar-refractivity contribution in [3.63, 3.8) is 0 Å². The van der Waals surface area contributed by atoms with Gasteiger partial charge in [-0.15, -0.1) is 0 Å². The number of amides is 3. The second-order valence-corrected chi connectivity index (χ2v) is 19.5. The first kappa shape index (κ1) is 37.7. The van der Waals surface area contributed by atoms with Crippen LogP contribution >= 0.6 is 15.9 Å². The molecule has 0 bridgehead atoms. The Kier molecular flexibility index (Phi) is 10.6. The zero-order chi connectivity index (χ0) is 38.2. The molecule has 9 nitrogen and oxygen atoms in total. The molecule has 3 N–H and O–H groups in total. The molecule has 1 fully saturated rings. The normalized spacial score (nSPS) is 20.8. The first-order valence-corrected chi connectivity index (χ1v) is 22.0. The molecule has 7 rings (SSSR count). The van der Waals surface area contributed by atoms with Crippen LogP contribution in [0.15, 0.2) is 108 Å². The van der Waals surface area contributed by atoms with E-state index in [0.717, 1.165) is 32.1 Å². The van der Waals surface area contributed by atoms with Gasteiger partial charge in [0.2, 0.25) is 20.2 Å². The van der Waals surface area contributed by atoms with Crippen LogP contribution in [0.25, 0.3) is 10.9 Å². The van der Waals surface area contributed by atoms with Crippen LogP contribution in [0.1, 0.15) is 35.6 Å². The molecule has 12 heteroatoms. The molecule has 2 aliphatic rings. The summed E-state index contributed by atoms with van der Waals surface area (Å²) in [6.07, 6.45) is 1.07. The largest absolute Gasteiger partial charge is 0.395 e. The molecule has 5 aromatic rings. The number of benzene rings is 4. The number of carbonyl (C=O) groups excluding carboxylic acids is 3. The summed E-state index contributed by atoms with van der Waals surface area (Å²) in [5, 5.41) is 13.8. The molecule has 0 saturated carbocycles. The summed E-state index contributed by atoms with van der Waals surface area (Å²) in [6.45, 7) is 5.47. The van der Waals surface area contributed by atoms with Crippen molar-refractivity contribution in [3.05, 3.63) is 130 Å². The predicted molar refractivity (Wildman–Crippen MR) is 214 cm³/mol. The van der Waals surface area contributed by atoms with Crippen molar-refractivity contribution in [2.75, 3.05) is 23.4 Å². The fourth-order valence-electron chi connectivity index (χ4n) is 8.48. The highest BCUT2D eigenvalue weighted by atomic mass is 79.9. The molecule has 54 heavy (non-hydrogen) atoms. The zero-order valence-corrected chi connectivity index (χ0v) is 33.1. The molecule has 280 valence electrons. The van der Waals surface area contributed by atoms with Gasteiger partial charge in [0.25, 0.3) is 5.91 Å². The summed E-state index contributed by atoms with van der Waals surface area (Å²) in [5.74, 6) is -1.33. The maximum atomic E-state index is 16.5. The quantitative estimate of drug-likeness (QED) is 0.0878. The summed E-state index contributed by atoms with van der Waals surface area (Å²) in [6, 6.07) is 30.3. The van der Waals surface area contributed by atoms with E-state index in [-0.39, 0.29) is 50.3 Å². The molecule has 1 saturated heterocycles. The number of ether oxygens (including phenoxy) is 1. The van der Waals surface area contributed by atoms with E-state index in [1.807, 2.05) is 110 Å². The number of aromatic amines is 1. The lowest BCUT2D eigenvalue weighted by Crippen LogP contribution is -2.45. The van der Waals surface area contributed by atoms with Crippen LogP contribution in [-0.4, -0.2) is 60.4 Å². The van der Waals surface area contributed by atoms with Crippen LogP contribution in [0.2, 0.25) is 18.6 Å². The van der Waals surface area contributed by atoms with E-state index >= 15 is 4.11 Å². The van der Waals surface area contributed by atoms with Crippen LogP contribution in [-0.2, 0) is 44.2 Å². The molecule has 0 radical (unpaired) electrons. The molecule has 4 atom stereocenters. The highest BCUT2D eigenvalue weighted by Gasteiger charge is 2.67. The molecule has 1 spiro atoms. The minimum atomic E-state index is -3.53. The van der Waals surface area contributed by atoms with Gasteiger partial charge in [-0.25, -0.2) is 0 Å². The van der Waals surface area contributed by atoms with Crippen LogP contribution < -0.4 is 10.2 Å². The van der Waals surface area contributed by atoms with Crippen molar-refractivity contribution in [1.82, 2.24) is 9.88 Å². The molecule has 1 aromatic heterocycles. The number of aliphatic hydroxyl groups excluding tert-OH is 1. The summed E-state index contributed by atoms with van der Waals surface area (Å²) in [4.78, 5) is 48.4. The number of anilines is 2. The van der Waals surface area contributed by atoms with E-state index in [1.165, 1.54) is 0 Å². The third kappa shape index (κ3) is 7.27. The number of H-pyrrole nitrogens is 1. The number of para-hydroxylation sites is 1. The Bertz CT molecular complexity index is 2190. The number of halogens is 2. The van der Waals surface area contributed by atoms with E-state index in [0.29, 0.717) is 23.5 Å². The van der Waals surface area contributed by atoms with Crippen LogP contribution in [0.5, 0.6) is 0 Å². The van der Waals surface area contributed by atoms with Crippen molar-refractivity contribution in [1.29, 1.82) is 0 Å². The van der Waals surface area contributed by atoms with Crippen LogP contribution in [0, 0.1) is 5.92 Å². The maximum absolute atomic E-state index is 16.5. The number of carbonyl (C=O) groups is 3. The van der Waals surface area contributed by atoms with Crippen molar-refractivity contribution < 1.29 is 28.3 Å². The number of rotatable bonds is 12. The summed E-state index contributed by atoms with van der Waals surface area (Å²) < 4.78 is 24.1. The van der Waals surface area contributed by atoms with Crippen LogP contribution in [0.4, 0.5) is 15.5 Å². The van der Waals surface area contributed by atoms with Gasteiger partial charge >= 0.3 is 0 Å². The SMILES string of the molecule is C[C@H]1[C@H]([Si](C)(C)F)[C@@H](CC(=O)N(CCO)Cc2ccccc2)O[C@]12C(=O)N(Cc1cccc(NC(=O)Cc3c[nH]c4ccccc34)c1)c1ccc(Br)cc12. The second kappa shape index (κ2) is 15.3. The van der Waals surface area contributed by atoms with Gasteiger partial charge in [0.1, 0.15) is 0 Å². The van der Waals surface area contributed by atoms with Crippen LogP contribution in [0.3, 0.4) is 0 Å². The van der Waals surface area contributed by atoms with Crippen molar-refractivity contribution in [3.8, 4) is 0 Å². The Balaban J connectivity index is 1.14. The lowest BCUT2D eigenvalue weighted by Gasteiger charge is -2.31. The molecule has 3 heterocycles. The third-order valence-corrected chi connectivity index (χ3v) is 13.8. The molecule has 0 aliphatic carbocycles. The smallest absolute Gasteiger partial charge is 0.264 e. The Hall–Kier alpha value is -4.62. The van der Waals surface area contributed by atoms with Gasteiger partial charge in [0.15, 0.2) is 5.60 Å². The fraction of sp³-hybridized carbons (Fsp3) is 0.310. The molecule has 0 unspecified atom stereocenters. The zero-order valence-electron chi connectivity index (χ0n) is 30.5. The summed E-state index contributed by atoms with van der Waals surface area (Å²) in [5.41, 5.74) is 3.27. The first-order valence-electron chi connectivity index (χ1n) is 18.2. The van der Waals surface area contributed by atoms with E-state index < -0.39 is 31.6 Å².